The molecule has 0 atom stereocenters. The fourth-order valence-corrected chi connectivity index (χ4v) is 2.83. The summed E-state index contributed by atoms with van der Waals surface area (Å²) in [5.41, 5.74) is 0.579. The van der Waals surface area contributed by atoms with Crippen LogP contribution in [0.5, 0.6) is 0 Å². The van der Waals surface area contributed by atoms with Crippen molar-refractivity contribution in [2.24, 2.45) is 0 Å². The fourth-order valence-electron chi connectivity index (χ4n) is 2.01. The van der Waals surface area contributed by atoms with Crippen molar-refractivity contribution in [3.63, 3.8) is 0 Å². The molecule has 1 aromatic carbocycles. The van der Waals surface area contributed by atoms with E-state index < -0.39 is 0 Å². The quantitative estimate of drug-likeness (QED) is 0.796. The SMILES string of the molecule is CCCc1nnc(SCC(=O)Nc2ccc(F)cc2)n1CC. The van der Waals surface area contributed by atoms with Gasteiger partial charge in [-0.15, -0.1) is 10.2 Å². The molecule has 0 spiro atoms. The van der Waals surface area contributed by atoms with Crippen LogP contribution in [0.2, 0.25) is 0 Å². The maximum Gasteiger partial charge on any atom is 0.234 e. The minimum absolute atomic E-state index is 0.153. The highest BCUT2D eigenvalue weighted by Crippen LogP contribution is 2.18. The molecule has 0 saturated heterocycles. The minimum atomic E-state index is -0.327. The number of amides is 1. The van der Waals surface area contributed by atoms with Crippen LogP contribution in [-0.2, 0) is 17.8 Å². The van der Waals surface area contributed by atoms with E-state index in [-0.39, 0.29) is 17.5 Å². The number of nitrogens with zero attached hydrogens (tertiary/aromatic N) is 3. The largest absolute Gasteiger partial charge is 0.325 e. The van der Waals surface area contributed by atoms with Crippen molar-refractivity contribution in [1.29, 1.82) is 0 Å². The summed E-state index contributed by atoms with van der Waals surface area (Å²) in [6.45, 7) is 4.91. The van der Waals surface area contributed by atoms with Gasteiger partial charge < -0.3 is 9.88 Å². The van der Waals surface area contributed by atoms with Crippen LogP contribution in [0.1, 0.15) is 26.1 Å². The summed E-state index contributed by atoms with van der Waals surface area (Å²) in [6.07, 6.45) is 1.89. The summed E-state index contributed by atoms with van der Waals surface area (Å²) in [5.74, 6) is 0.708. The smallest absolute Gasteiger partial charge is 0.234 e. The van der Waals surface area contributed by atoms with Gasteiger partial charge in [0.2, 0.25) is 5.91 Å². The van der Waals surface area contributed by atoms with Gasteiger partial charge in [-0.3, -0.25) is 4.79 Å². The van der Waals surface area contributed by atoms with Gasteiger partial charge in [-0.2, -0.15) is 0 Å². The number of hydrogen-bond donors (Lipinski definition) is 1. The molecule has 0 radical (unpaired) electrons. The third-order valence-corrected chi connectivity index (χ3v) is 4.01. The van der Waals surface area contributed by atoms with E-state index in [1.165, 1.54) is 36.0 Å². The van der Waals surface area contributed by atoms with Gasteiger partial charge in [0.05, 0.1) is 5.75 Å². The van der Waals surface area contributed by atoms with Crippen LogP contribution in [0.3, 0.4) is 0 Å². The summed E-state index contributed by atoms with van der Waals surface area (Å²) >= 11 is 1.35. The lowest BCUT2D eigenvalue weighted by Crippen LogP contribution is -2.14. The molecule has 0 saturated carbocycles. The average molecular weight is 322 g/mol. The van der Waals surface area contributed by atoms with Crippen molar-refractivity contribution in [1.82, 2.24) is 14.8 Å². The van der Waals surface area contributed by atoms with Crippen molar-refractivity contribution < 1.29 is 9.18 Å². The number of thioether (sulfide) groups is 1. The van der Waals surface area contributed by atoms with Crippen LogP contribution in [0, 0.1) is 5.82 Å². The van der Waals surface area contributed by atoms with Gasteiger partial charge in [0.25, 0.3) is 0 Å². The van der Waals surface area contributed by atoms with Gasteiger partial charge in [-0.1, -0.05) is 18.7 Å². The molecule has 0 aliphatic rings. The molecule has 1 heterocycles. The first-order valence-electron chi connectivity index (χ1n) is 7.24. The minimum Gasteiger partial charge on any atom is -0.325 e. The first-order valence-corrected chi connectivity index (χ1v) is 8.22. The van der Waals surface area contributed by atoms with E-state index in [0.29, 0.717) is 5.69 Å². The number of anilines is 1. The fraction of sp³-hybridized carbons (Fsp3) is 0.400. The molecule has 0 aliphatic carbocycles. The van der Waals surface area contributed by atoms with Crippen molar-refractivity contribution >= 4 is 23.4 Å². The summed E-state index contributed by atoms with van der Waals surface area (Å²) in [7, 11) is 0. The number of halogens is 1. The van der Waals surface area contributed by atoms with Crippen molar-refractivity contribution in [2.45, 2.75) is 38.4 Å². The monoisotopic (exact) mass is 322 g/mol. The van der Waals surface area contributed by atoms with E-state index >= 15 is 0 Å². The number of benzene rings is 1. The van der Waals surface area contributed by atoms with Gasteiger partial charge in [0.15, 0.2) is 5.16 Å². The Balaban J connectivity index is 1.92. The number of rotatable bonds is 7. The second-order valence-corrected chi connectivity index (χ2v) is 5.68. The number of aromatic nitrogens is 3. The van der Waals surface area contributed by atoms with Crippen molar-refractivity contribution in [3.05, 3.63) is 35.9 Å². The van der Waals surface area contributed by atoms with Gasteiger partial charge in [-0.25, -0.2) is 4.39 Å². The Labute approximate surface area is 133 Å². The van der Waals surface area contributed by atoms with Crippen LogP contribution < -0.4 is 5.32 Å². The zero-order valence-electron chi connectivity index (χ0n) is 12.7. The predicted molar refractivity (Wildman–Crippen MR) is 85.4 cm³/mol. The molecule has 2 aromatic rings. The Bertz CT molecular complexity index is 627. The highest BCUT2D eigenvalue weighted by atomic mass is 32.2. The summed E-state index contributed by atoms with van der Waals surface area (Å²) in [4.78, 5) is 11.9. The Kier molecular flexibility index (Phi) is 5.94. The van der Waals surface area contributed by atoms with E-state index in [9.17, 15) is 9.18 Å². The van der Waals surface area contributed by atoms with Crippen LogP contribution in [0.15, 0.2) is 29.4 Å². The molecule has 0 bridgehead atoms. The summed E-state index contributed by atoms with van der Waals surface area (Å²) in [5, 5.41) is 11.8. The van der Waals surface area contributed by atoms with Gasteiger partial charge in [-0.05, 0) is 37.6 Å². The third kappa shape index (κ3) is 4.30. The normalized spacial score (nSPS) is 10.7. The average Bonchev–Trinajstić information content (AvgIpc) is 2.90. The maximum absolute atomic E-state index is 12.8. The van der Waals surface area contributed by atoms with Crippen LogP contribution in [0.25, 0.3) is 0 Å². The lowest BCUT2D eigenvalue weighted by Gasteiger charge is -2.07. The van der Waals surface area contributed by atoms with Crippen LogP contribution in [-0.4, -0.2) is 26.4 Å². The zero-order valence-corrected chi connectivity index (χ0v) is 13.5. The number of carbonyl (C=O) groups is 1. The molecule has 7 heteroatoms. The molecule has 0 aliphatic heterocycles. The van der Waals surface area contributed by atoms with Crippen LogP contribution >= 0.6 is 11.8 Å². The topological polar surface area (TPSA) is 59.8 Å². The Morgan fingerprint density at radius 2 is 2.00 bits per heavy atom. The highest BCUT2D eigenvalue weighted by molar-refractivity contribution is 7.99. The van der Waals surface area contributed by atoms with E-state index in [1.54, 1.807) is 0 Å². The van der Waals surface area contributed by atoms with Crippen molar-refractivity contribution in [3.8, 4) is 0 Å². The van der Waals surface area contributed by atoms with E-state index in [4.69, 9.17) is 0 Å². The molecule has 2 rings (SSSR count). The molecule has 1 amide bonds. The van der Waals surface area contributed by atoms with Gasteiger partial charge >= 0.3 is 0 Å². The van der Waals surface area contributed by atoms with Crippen LogP contribution in [0.4, 0.5) is 10.1 Å². The molecule has 1 N–H and O–H groups in total. The van der Waals surface area contributed by atoms with Gasteiger partial charge in [0, 0.05) is 18.7 Å². The Hall–Kier alpha value is -1.89. The third-order valence-electron chi connectivity index (χ3n) is 3.04. The number of hydrogen-bond acceptors (Lipinski definition) is 4. The molecule has 118 valence electrons. The molecule has 0 fully saturated rings. The standard InChI is InChI=1S/C15H19FN4OS/c1-3-5-13-18-19-15(20(13)4-2)22-10-14(21)17-12-8-6-11(16)7-9-12/h6-9H,3-5,10H2,1-2H3,(H,17,21). The van der Waals surface area contributed by atoms with E-state index in [2.05, 4.69) is 22.4 Å². The molecular weight excluding hydrogens is 303 g/mol. The lowest BCUT2D eigenvalue weighted by atomic mass is 10.3. The number of aryl methyl sites for hydroxylation is 1. The van der Waals surface area contributed by atoms with E-state index in [0.717, 1.165) is 30.4 Å². The Morgan fingerprint density at radius 3 is 2.64 bits per heavy atom. The first-order chi connectivity index (χ1) is 10.6. The highest BCUT2D eigenvalue weighted by Gasteiger charge is 2.12. The van der Waals surface area contributed by atoms with Crippen molar-refractivity contribution in [2.75, 3.05) is 11.1 Å². The zero-order chi connectivity index (χ0) is 15.9. The number of carbonyl (C=O) groups excluding carboxylic acids is 1. The molecule has 1 aromatic heterocycles. The molecular formula is C15H19FN4OS. The first kappa shape index (κ1) is 16.5. The Morgan fingerprint density at radius 1 is 1.27 bits per heavy atom. The van der Waals surface area contributed by atoms with Gasteiger partial charge in [0.1, 0.15) is 11.6 Å². The predicted octanol–water partition coefficient (Wildman–Crippen LogP) is 3.12. The molecule has 5 nitrogen and oxygen atoms in total. The maximum atomic E-state index is 12.8. The number of nitrogens with one attached hydrogen (secondary N) is 1. The molecule has 0 unspecified atom stereocenters. The second kappa shape index (κ2) is 7.93. The summed E-state index contributed by atoms with van der Waals surface area (Å²) < 4.78 is 14.8. The lowest BCUT2D eigenvalue weighted by molar-refractivity contribution is -0.113. The summed E-state index contributed by atoms with van der Waals surface area (Å²) in [6, 6.07) is 5.69. The van der Waals surface area contributed by atoms with E-state index in [1.807, 2.05) is 11.5 Å². The second-order valence-electron chi connectivity index (χ2n) is 4.74. The molecule has 22 heavy (non-hydrogen) atoms.